The summed E-state index contributed by atoms with van der Waals surface area (Å²) in [6, 6.07) is 4.16. The Morgan fingerprint density at radius 3 is 2.62 bits per heavy atom. The lowest BCUT2D eigenvalue weighted by molar-refractivity contribution is -0.160. The van der Waals surface area contributed by atoms with E-state index in [0.717, 1.165) is 37.4 Å². The highest BCUT2D eigenvalue weighted by Crippen LogP contribution is 2.38. The zero-order valence-electron chi connectivity index (χ0n) is 15.7. The van der Waals surface area contributed by atoms with Crippen LogP contribution in [0, 0.1) is 0 Å². The molecule has 1 heterocycles. The van der Waals surface area contributed by atoms with Crippen LogP contribution in [0.1, 0.15) is 45.6 Å². The molecule has 0 spiro atoms. The van der Waals surface area contributed by atoms with Gasteiger partial charge >= 0.3 is 0 Å². The molecule has 1 aromatic rings. The van der Waals surface area contributed by atoms with Gasteiger partial charge in [0.25, 0.3) is 0 Å². The second-order valence-electron chi connectivity index (χ2n) is 7.46. The number of hydrogen-bond acceptors (Lipinski definition) is 5. The Morgan fingerprint density at radius 2 is 2.04 bits per heavy atom. The third-order valence-electron chi connectivity index (χ3n) is 4.45. The maximum Gasteiger partial charge on any atom is 0.165 e. The van der Waals surface area contributed by atoms with Gasteiger partial charge in [-0.05, 0) is 42.4 Å². The molecular formula is C19H32N2O3. The van der Waals surface area contributed by atoms with Crippen molar-refractivity contribution >= 4 is 11.4 Å². The van der Waals surface area contributed by atoms with Crippen LogP contribution in [0.25, 0.3) is 0 Å². The second kappa shape index (κ2) is 8.08. The number of benzene rings is 1. The SMILES string of the molecule is COc1c(N)cc(C(C)(C)C)cc1N(C)CCOC1CCCCO1. The minimum absolute atomic E-state index is 0.0302. The first-order valence-corrected chi connectivity index (χ1v) is 8.75. The molecule has 5 heteroatoms. The average molecular weight is 336 g/mol. The smallest absolute Gasteiger partial charge is 0.165 e. The van der Waals surface area contributed by atoms with Gasteiger partial charge in [-0.15, -0.1) is 0 Å². The maximum atomic E-state index is 6.21. The molecule has 0 saturated carbocycles. The van der Waals surface area contributed by atoms with Crippen molar-refractivity contribution in [3.05, 3.63) is 17.7 Å². The van der Waals surface area contributed by atoms with Crippen molar-refractivity contribution in [2.75, 3.05) is 44.5 Å². The van der Waals surface area contributed by atoms with E-state index < -0.39 is 0 Å². The van der Waals surface area contributed by atoms with E-state index in [1.165, 1.54) is 12.0 Å². The molecule has 1 aliphatic rings. The summed E-state index contributed by atoms with van der Waals surface area (Å²) < 4.78 is 17.0. The van der Waals surface area contributed by atoms with Crippen molar-refractivity contribution in [2.45, 2.75) is 51.7 Å². The summed E-state index contributed by atoms with van der Waals surface area (Å²) in [5.41, 5.74) is 9.10. The topological polar surface area (TPSA) is 57.0 Å². The summed E-state index contributed by atoms with van der Waals surface area (Å²) in [6.45, 7) is 8.72. The molecule has 0 radical (unpaired) electrons. The first kappa shape index (κ1) is 18.9. The van der Waals surface area contributed by atoms with Crippen LogP contribution in [0.4, 0.5) is 11.4 Å². The van der Waals surface area contributed by atoms with Gasteiger partial charge in [0.1, 0.15) is 0 Å². The summed E-state index contributed by atoms with van der Waals surface area (Å²) in [7, 11) is 3.70. The number of nitrogens with two attached hydrogens (primary N) is 1. The third-order valence-corrected chi connectivity index (χ3v) is 4.45. The number of nitrogens with zero attached hydrogens (tertiary/aromatic N) is 1. The predicted octanol–water partition coefficient (Wildman–Crippen LogP) is 3.55. The van der Waals surface area contributed by atoms with E-state index in [0.29, 0.717) is 12.3 Å². The number of hydrogen-bond donors (Lipinski definition) is 1. The van der Waals surface area contributed by atoms with Crippen LogP contribution in [0.2, 0.25) is 0 Å². The largest absolute Gasteiger partial charge is 0.492 e. The summed E-state index contributed by atoms with van der Waals surface area (Å²) in [5.74, 6) is 0.722. The summed E-state index contributed by atoms with van der Waals surface area (Å²) in [4.78, 5) is 2.13. The third kappa shape index (κ3) is 4.77. The minimum Gasteiger partial charge on any atom is -0.492 e. The highest BCUT2D eigenvalue weighted by Gasteiger charge is 2.20. The van der Waals surface area contributed by atoms with Crippen LogP contribution in [0.5, 0.6) is 5.75 Å². The Labute approximate surface area is 146 Å². The molecule has 136 valence electrons. The van der Waals surface area contributed by atoms with Crippen LogP contribution < -0.4 is 15.4 Å². The molecule has 1 atom stereocenters. The van der Waals surface area contributed by atoms with Gasteiger partial charge in [-0.2, -0.15) is 0 Å². The highest BCUT2D eigenvalue weighted by molar-refractivity contribution is 5.72. The van der Waals surface area contributed by atoms with Crippen LogP contribution in [-0.2, 0) is 14.9 Å². The molecule has 1 unspecified atom stereocenters. The molecule has 1 fully saturated rings. The lowest BCUT2D eigenvalue weighted by Gasteiger charge is -2.28. The van der Waals surface area contributed by atoms with Gasteiger partial charge in [0.15, 0.2) is 12.0 Å². The van der Waals surface area contributed by atoms with Gasteiger partial charge in [-0.25, -0.2) is 0 Å². The van der Waals surface area contributed by atoms with Gasteiger partial charge in [0.2, 0.25) is 0 Å². The first-order chi connectivity index (χ1) is 11.3. The van der Waals surface area contributed by atoms with Crippen molar-refractivity contribution in [1.29, 1.82) is 0 Å². The van der Waals surface area contributed by atoms with Crippen molar-refractivity contribution < 1.29 is 14.2 Å². The minimum atomic E-state index is -0.0555. The predicted molar refractivity (Wildman–Crippen MR) is 98.9 cm³/mol. The van der Waals surface area contributed by atoms with Crippen LogP contribution >= 0.6 is 0 Å². The molecule has 0 amide bonds. The van der Waals surface area contributed by atoms with Crippen molar-refractivity contribution in [3.63, 3.8) is 0 Å². The molecule has 2 rings (SSSR count). The number of rotatable bonds is 6. The van der Waals surface area contributed by atoms with Crippen molar-refractivity contribution in [3.8, 4) is 5.75 Å². The Hall–Kier alpha value is -1.46. The Morgan fingerprint density at radius 1 is 1.29 bits per heavy atom. The van der Waals surface area contributed by atoms with Gasteiger partial charge < -0.3 is 24.8 Å². The Bertz CT molecular complexity index is 534. The fraction of sp³-hybridized carbons (Fsp3) is 0.684. The fourth-order valence-corrected chi connectivity index (χ4v) is 2.86. The number of likely N-dealkylation sites (N-methyl/N-ethyl adjacent to an activating group) is 1. The fourth-order valence-electron chi connectivity index (χ4n) is 2.86. The van der Waals surface area contributed by atoms with Crippen LogP contribution in [0.15, 0.2) is 12.1 Å². The highest BCUT2D eigenvalue weighted by atomic mass is 16.7. The molecular weight excluding hydrogens is 304 g/mol. The summed E-state index contributed by atoms with van der Waals surface area (Å²) >= 11 is 0. The number of nitrogen functional groups attached to an aromatic ring is 1. The van der Waals surface area contributed by atoms with E-state index in [9.17, 15) is 0 Å². The van der Waals surface area contributed by atoms with E-state index in [2.05, 4.69) is 31.7 Å². The number of methoxy groups -OCH3 is 1. The number of anilines is 2. The van der Waals surface area contributed by atoms with E-state index >= 15 is 0 Å². The van der Waals surface area contributed by atoms with Crippen molar-refractivity contribution in [2.24, 2.45) is 0 Å². The maximum absolute atomic E-state index is 6.21. The molecule has 1 aromatic carbocycles. The van der Waals surface area contributed by atoms with E-state index in [4.69, 9.17) is 19.9 Å². The summed E-state index contributed by atoms with van der Waals surface area (Å²) in [6.07, 6.45) is 3.24. The normalized spacial score (nSPS) is 18.5. The van der Waals surface area contributed by atoms with Gasteiger partial charge in [-0.3, -0.25) is 0 Å². The molecule has 2 N–H and O–H groups in total. The van der Waals surface area contributed by atoms with E-state index in [-0.39, 0.29) is 11.7 Å². The molecule has 5 nitrogen and oxygen atoms in total. The lowest BCUT2D eigenvalue weighted by Crippen LogP contribution is -2.29. The van der Waals surface area contributed by atoms with E-state index in [1.807, 2.05) is 13.1 Å². The van der Waals surface area contributed by atoms with Gasteiger partial charge in [0.05, 0.1) is 25.1 Å². The van der Waals surface area contributed by atoms with Crippen LogP contribution in [0.3, 0.4) is 0 Å². The monoisotopic (exact) mass is 336 g/mol. The molecule has 0 aliphatic carbocycles. The quantitative estimate of drug-likeness (QED) is 0.805. The zero-order valence-corrected chi connectivity index (χ0v) is 15.7. The zero-order chi connectivity index (χ0) is 17.7. The molecule has 0 aromatic heterocycles. The first-order valence-electron chi connectivity index (χ1n) is 8.75. The second-order valence-corrected chi connectivity index (χ2v) is 7.46. The Kier molecular flexibility index (Phi) is 6.35. The molecule has 0 bridgehead atoms. The summed E-state index contributed by atoms with van der Waals surface area (Å²) in [5, 5.41) is 0. The Balaban J connectivity index is 2.06. The molecule has 1 saturated heterocycles. The molecule has 1 aliphatic heterocycles. The van der Waals surface area contributed by atoms with Gasteiger partial charge in [-0.1, -0.05) is 20.8 Å². The number of ether oxygens (including phenoxy) is 3. The van der Waals surface area contributed by atoms with Crippen molar-refractivity contribution in [1.82, 2.24) is 0 Å². The van der Waals surface area contributed by atoms with E-state index in [1.54, 1.807) is 7.11 Å². The average Bonchev–Trinajstić information content (AvgIpc) is 2.54. The lowest BCUT2D eigenvalue weighted by atomic mass is 9.86. The van der Waals surface area contributed by atoms with Crippen LogP contribution in [-0.4, -0.2) is 40.2 Å². The standard InChI is InChI=1S/C19H32N2O3/c1-19(2,3)14-12-15(20)18(22-5)16(13-14)21(4)9-11-24-17-8-6-7-10-23-17/h12-13,17H,6-11,20H2,1-5H3. The van der Waals surface area contributed by atoms with Gasteiger partial charge in [0, 0.05) is 20.2 Å². The molecule has 24 heavy (non-hydrogen) atoms.